The van der Waals surface area contributed by atoms with E-state index < -0.39 is 6.09 Å². The highest BCUT2D eigenvalue weighted by atomic mass is 16.7. The molecule has 2 aliphatic heterocycles. The molecule has 9 heteroatoms. The van der Waals surface area contributed by atoms with Crippen molar-refractivity contribution in [1.82, 2.24) is 19.7 Å². The number of amides is 3. The Morgan fingerprint density at radius 3 is 2.88 bits per heavy atom. The Morgan fingerprint density at radius 2 is 2.12 bits per heavy atom. The van der Waals surface area contributed by atoms with Gasteiger partial charge in [0.05, 0.1) is 31.5 Å². The predicted molar refractivity (Wildman–Crippen MR) is 89.4 cm³/mol. The Hall–Kier alpha value is -3.07. The Morgan fingerprint density at radius 1 is 1.31 bits per heavy atom. The van der Waals surface area contributed by atoms with Crippen LogP contribution in [0, 0.1) is 0 Å². The number of fused-ring (bicyclic) bond motifs is 4. The monoisotopic (exact) mass is 357 g/mol. The van der Waals surface area contributed by atoms with Crippen molar-refractivity contribution in [2.75, 3.05) is 13.2 Å². The lowest BCUT2D eigenvalue weighted by molar-refractivity contribution is -0.141. The van der Waals surface area contributed by atoms with Gasteiger partial charge in [0.15, 0.2) is 0 Å². The Labute approximate surface area is 149 Å². The number of carbonyl (C=O) groups is 2. The van der Waals surface area contributed by atoms with Gasteiger partial charge in [-0.3, -0.25) is 9.52 Å². The zero-order valence-corrected chi connectivity index (χ0v) is 14.1. The van der Waals surface area contributed by atoms with Crippen molar-refractivity contribution < 1.29 is 19.2 Å². The van der Waals surface area contributed by atoms with Crippen molar-refractivity contribution in [3.8, 4) is 0 Å². The lowest BCUT2D eigenvalue weighted by Crippen LogP contribution is -2.31. The number of primary amides is 1. The summed E-state index contributed by atoms with van der Waals surface area (Å²) >= 11 is 0. The van der Waals surface area contributed by atoms with Gasteiger partial charge in [-0.2, -0.15) is 10.2 Å². The summed E-state index contributed by atoms with van der Waals surface area (Å²) in [7, 11) is 0. The number of hydroxylamine groups is 2. The molecule has 1 aromatic heterocycles. The van der Waals surface area contributed by atoms with Crippen molar-refractivity contribution in [3.05, 3.63) is 53.3 Å². The highest BCUT2D eigenvalue weighted by Crippen LogP contribution is 2.38. The first-order valence-corrected chi connectivity index (χ1v) is 8.35. The number of rotatable bonds is 6. The number of aromatic nitrogens is 2. The molecule has 1 fully saturated rings. The molecule has 2 aliphatic rings. The zero-order chi connectivity index (χ0) is 18.1. The molecular formula is C17H19N5O4. The Kier molecular flexibility index (Phi) is 4.21. The number of ether oxygens (including phenoxy) is 1. The fourth-order valence-electron chi connectivity index (χ4n) is 3.34. The third-order valence-electron chi connectivity index (χ3n) is 4.58. The van der Waals surface area contributed by atoms with Crippen molar-refractivity contribution >= 4 is 12.1 Å². The topological polar surface area (TPSA) is 103 Å². The fraction of sp³-hybridized carbons (Fsp3) is 0.353. The minimum absolute atomic E-state index is 0.135. The van der Waals surface area contributed by atoms with Gasteiger partial charge in [-0.15, -0.1) is 0 Å². The molecule has 1 atom stereocenters. The van der Waals surface area contributed by atoms with Crippen LogP contribution in [0.4, 0.5) is 9.59 Å². The van der Waals surface area contributed by atoms with Gasteiger partial charge < -0.3 is 15.4 Å². The molecule has 2 bridgehead atoms. The van der Waals surface area contributed by atoms with Crippen molar-refractivity contribution in [1.29, 1.82) is 0 Å². The Balaban J connectivity index is 1.48. The summed E-state index contributed by atoms with van der Waals surface area (Å²) in [4.78, 5) is 30.8. The average Bonchev–Trinajstić information content (AvgIpc) is 3.15. The normalized spacial score (nSPS) is 18.2. The minimum Gasteiger partial charge on any atom is -0.448 e. The molecule has 3 amide bonds. The van der Waals surface area contributed by atoms with Crippen molar-refractivity contribution in [3.63, 3.8) is 0 Å². The van der Waals surface area contributed by atoms with Crippen LogP contribution in [0.25, 0.3) is 0 Å². The summed E-state index contributed by atoms with van der Waals surface area (Å²) in [5.41, 5.74) is 7.85. The maximum Gasteiger partial charge on any atom is 0.404 e. The SMILES string of the molecule is NC(=O)OCCn1ncc2c1CN1CC2N(OCc2ccccc2)C1=O. The number of nitrogens with zero attached hydrogens (tertiary/aromatic N) is 4. The summed E-state index contributed by atoms with van der Waals surface area (Å²) in [6, 6.07) is 9.37. The molecule has 2 N–H and O–H groups in total. The van der Waals surface area contributed by atoms with E-state index in [9.17, 15) is 9.59 Å². The number of carbonyl (C=O) groups excluding carboxylic acids is 2. The van der Waals surface area contributed by atoms with E-state index in [-0.39, 0.29) is 18.7 Å². The second-order valence-corrected chi connectivity index (χ2v) is 6.20. The fourth-order valence-corrected chi connectivity index (χ4v) is 3.34. The number of benzene rings is 1. The second kappa shape index (κ2) is 6.68. The van der Waals surface area contributed by atoms with Gasteiger partial charge in [0.25, 0.3) is 0 Å². The maximum absolute atomic E-state index is 12.6. The molecule has 2 aromatic rings. The standard InChI is InChI=1S/C17H19N5O4/c18-16(23)25-7-6-21-14-9-20-10-15(13(14)8-19-21)22(17(20)24)26-11-12-4-2-1-3-5-12/h1-5,8,15H,6-7,9-11H2,(H2,18,23). The molecule has 0 radical (unpaired) electrons. The van der Waals surface area contributed by atoms with Crippen LogP contribution in [0.2, 0.25) is 0 Å². The maximum atomic E-state index is 12.6. The molecule has 26 heavy (non-hydrogen) atoms. The van der Waals surface area contributed by atoms with Gasteiger partial charge in [0.1, 0.15) is 19.3 Å². The predicted octanol–water partition coefficient (Wildman–Crippen LogP) is 1.40. The first kappa shape index (κ1) is 16.4. The first-order valence-electron chi connectivity index (χ1n) is 8.35. The number of hydrogen-bond acceptors (Lipinski definition) is 5. The van der Waals surface area contributed by atoms with Crippen molar-refractivity contribution in [2.24, 2.45) is 5.73 Å². The molecule has 0 aliphatic carbocycles. The third kappa shape index (κ3) is 2.97. The van der Waals surface area contributed by atoms with Gasteiger partial charge in [0.2, 0.25) is 0 Å². The summed E-state index contributed by atoms with van der Waals surface area (Å²) < 4.78 is 6.51. The van der Waals surface area contributed by atoms with E-state index in [1.54, 1.807) is 15.8 Å². The lowest BCUT2D eigenvalue weighted by atomic mass is 10.1. The molecule has 0 saturated carbocycles. The van der Waals surface area contributed by atoms with E-state index in [0.29, 0.717) is 26.2 Å². The van der Waals surface area contributed by atoms with Crippen LogP contribution < -0.4 is 5.73 Å². The van der Waals surface area contributed by atoms with E-state index in [2.05, 4.69) is 5.10 Å². The number of nitrogens with two attached hydrogens (primary N) is 1. The lowest BCUT2D eigenvalue weighted by Gasteiger charge is -2.23. The van der Waals surface area contributed by atoms with Gasteiger partial charge >= 0.3 is 12.1 Å². The largest absolute Gasteiger partial charge is 0.448 e. The van der Waals surface area contributed by atoms with Gasteiger partial charge in [0, 0.05) is 5.56 Å². The molecule has 1 aromatic carbocycles. The summed E-state index contributed by atoms with van der Waals surface area (Å²) in [6.45, 7) is 1.87. The van der Waals surface area contributed by atoms with Gasteiger partial charge in [-0.1, -0.05) is 30.3 Å². The molecule has 1 saturated heterocycles. The molecule has 136 valence electrons. The van der Waals surface area contributed by atoms with E-state index in [1.165, 1.54) is 5.06 Å². The Bertz CT molecular complexity index is 822. The van der Waals surface area contributed by atoms with E-state index in [4.69, 9.17) is 15.3 Å². The quantitative estimate of drug-likeness (QED) is 0.842. The third-order valence-corrected chi connectivity index (χ3v) is 4.58. The molecule has 1 unspecified atom stereocenters. The van der Waals surface area contributed by atoms with Crippen LogP contribution >= 0.6 is 0 Å². The van der Waals surface area contributed by atoms with Crippen LogP contribution in [0.15, 0.2) is 36.5 Å². The van der Waals surface area contributed by atoms with Crippen LogP contribution in [0.5, 0.6) is 0 Å². The van der Waals surface area contributed by atoms with Crippen LogP contribution in [0.1, 0.15) is 22.9 Å². The van der Waals surface area contributed by atoms with E-state index in [0.717, 1.165) is 16.8 Å². The van der Waals surface area contributed by atoms with Gasteiger partial charge in [-0.05, 0) is 5.56 Å². The molecule has 9 nitrogen and oxygen atoms in total. The highest BCUT2D eigenvalue weighted by Gasteiger charge is 2.45. The van der Waals surface area contributed by atoms with E-state index >= 15 is 0 Å². The number of hydrogen-bond donors (Lipinski definition) is 1. The van der Waals surface area contributed by atoms with Gasteiger partial charge in [-0.25, -0.2) is 9.59 Å². The second-order valence-electron chi connectivity index (χ2n) is 6.20. The molecule has 3 heterocycles. The number of urea groups is 1. The summed E-state index contributed by atoms with van der Waals surface area (Å²) in [5, 5.41) is 5.79. The average molecular weight is 357 g/mol. The van der Waals surface area contributed by atoms with Crippen molar-refractivity contribution in [2.45, 2.75) is 25.7 Å². The minimum atomic E-state index is -0.814. The van der Waals surface area contributed by atoms with Crippen LogP contribution in [-0.2, 0) is 29.3 Å². The molecule has 0 spiro atoms. The van der Waals surface area contributed by atoms with Crippen LogP contribution in [-0.4, -0.2) is 45.0 Å². The molecular weight excluding hydrogens is 338 g/mol. The molecule has 4 rings (SSSR count). The summed E-state index contributed by atoms with van der Waals surface area (Å²) in [5.74, 6) is 0. The van der Waals surface area contributed by atoms with E-state index in [1.807, 2.05) is 30.3 Å². The smallest absolute Gasteiger partial charge is 0.404 e. The first-order chi connectivity index (χ1) is 12.6. The zero-order valence-electron chi connectivity index (χ0n) is 14.1. The highest BCUT2D eigenvalue weighted by molar-refractivity contribution is 5.77. The summed E-state index contributed by atoms with van der Waals surface area (Å²) in [6.07, 6.45) is 0.935. The van der Waals surface area contributed by atoms with Crippen LogP contribution in [0.3, 0.4) is 0 Å².